The summed E-state index contributed by atoms with van der Waals surface area (Å²) in [5.74, 6) is -0.946. The molecule has 29 heavy (non-hydrogen) atoms. The van der Waals surface area contributed by atoms with Gasteiger partial charge in [0.25, 0.3) is 5.91 Å². The standard InChI is InChI=1S/C21H16ClN3O4/c1-2-28-18-7-3-14(4-8-18)9-16(12-24)21(27)29-13-20(26)25-19-10-17(22)6-5-15(19)11-23/h3-10H,2,13H2,1H3,(H,25,26)/b16-9+. The van der Waals surface area contributed by atoms with Gasteiger partial charge in [0.2, 0.25) is 0 Å². The summed E-state index contributed by atoms with van der Waals surface area (Å²) in [5, 5.41) is 21.0. The van der Waals surface area contributed by atoms with Crippen molar-refractivity contribution in [2.45, 2.75) is 6.92 Å². The number of benzene rings is 2. The van der Waals surface area contributed by atoms with E-state index in [1.807, 2.05) is 13.0 Å². The molecule has 0 spiro atoms. The van der Waals surface area contributed by atoms with E-state index in [1.165, 1.54) is 24.3 Å². The number of esters is 1. The minimum Gasteiger partial charge on any atom is -0.494 e. The van der Waals surface area contributed by atoms with Crippen molar-refractivity contribution in [3.05, 3.63) is 64.2 Å². The van der Waals surface area contributed by atoms with Gasteiger partial charge in [-0.15, -0.1) is 0 Å². The molecular formula is C21H16ClN3O4. The first-order chi connectivity index (χ1) is 14.0. The maximum absolute atomic E-state index is 12.1. The van der Waals surface area contributed by atoms with Gasteiger partial charge in [-0.3, -0.25) is 4.79 Å². The SMILES string of the molecule is CCOc1ccc(/C=C(\C#N)C(=O)OCC(=O)Nc2cc(Cl)ccc2C#N)cc1. The first-order valence-corrected chi connectivity index (χ1v) is 8.86. The molecule has 0 heterocycles. The van der Waals surface area contributed by atoms with Crippen LogP contribution < -0.4 is 10.1 Å². The highest BCUT2D eigenvalue weighted by atomic mass is 35.5. The van der Waals surface area contributed by atoms with E-state index in [0.717, 1.165) is 0 Å². The second-order valence-electron chi connectivity index (χ2n) is 5.60. The molecule has 7 nitrogen and oxygen atoms in total. The van der Waals surface area contributed by atoms with Gasteiger partial charge in [0.15, 0.2) is 6.61 Å². The second-order valence-corrected chi connectivity index (χ2v) is 6.03. The van der Waals surface area contributed by atoms with Crippen LogP contribution in [0.1, 0.15) is 18.1 Å². The maximum Gasteiger partial charge on any atom is 0.349 e. The number of nitriles is 2. The molecule has 0 bridgehead atoms. The summed E-state index contributed by atoms with van der Waals surface area (Å²) in [6.07, 6.45) is 1.35. The zero-order chi connectivity index (χ0) is 21.2. The smallest absolute Gasteiger partial charge is 0.349 e. The van der Waals surface area contributed by atoms with E-state index in [1.54, 1.807) is 30.3 Å². The summed E-state index contributed by atoms with van der Waals surface area (Å²) in [6, 6.07) is 14.8. The van der Waals surface area contributed by atoms with Crippen LogP contribution in [0.3, 0.4) is 0 Å². The Balaban J connectivity index is 1.99. The van der Waals surface area contributed by atoms with E-state index < -0.39 is 18.5 Å². The summed E-state index contributed by atoms with van der Waals surface area (Å²) < 4.78 is 10.2. The van der Waals surface area contributed by atoms with Crippen LogP contribution in [0.25, 0.3) is 6.08 Å². The molecule has 0 aromatic heterocycles. The lowest BCUT2D eigenvalue weighted by Gasteiger charge is -2.08. The number of hydrogen-bond donors (Lipinski definition) is 1. The van der Waals surface area contributed by atoms with Crippen LogP contribution in [0.15, 0.2) is 48.0 Å². The summed E-state index contributed by atoms with van der Waals surface area (Å²) >= 11 is 5.85. The van der Waals surface area contributed by atoms with Crippen molar-refractivity contribution in [1.29, 1.82) is 10.5 Å². The molecule has 1 amide bonds. The average Bonchev–Trinajstić information content (AvgIpc) is 2.72. The Morgan fingerprint density at radius 1 is 1.17 bits per heavy atom. The lowest BCUT2D eigenvalue weighted by molar-refractivity contribution is -0.142. The van der Waals surface area contributed by atoms with Gasteiger partial charge in [-0.25, -0.2) is 4.79 Å². The van der Waals surface area contributed by atoms with Crippen molar-refractivity contribution in [1.82, 2.24) is 0 Å². The molecular weight excluding hydrogens is 394 g/mol. The van der Waals surface area contributed by atoms with Gasteiger partial charge in [0.1, 0.15) is 23.5 Å². The number of nitrogens with zero attached hydrogens (tertiary/aromatic N) is 2. The fraction of sp³-hybridized carbons (Fsp3) is 0.143. The summed E-state index contributed by atoms with van der Waals surface area (Å²) in [7, 11) is 0. The van der Waals surface area contributed by atoms with Crippen molar-refractivity contribution < 1.29 is 19.1 Å². The highest BCUT2D eigenvalue weighted by molar-refractivity contribution is 6.31. The van der Waals surface area contributed by atoms with Gasteiger partial charge in [0, 0.05) is 5.02 Å². The minimum atomic E-state index is -0.942. The largest absolute Gasteiger partial charge is 0.494 e. The molecule has 0 saturated carbocycles. The van der Waals surface area contributed by atoms with E-state index >= 15 is 0 Å². The van der Waals surface area contributed by atoms with Gasteiger partial charge in [-0.1, -0.05) is 23.7 Å². The molecule has 2 aromatic carbocycles. The predicted molar refractivity (Wildman–Crippen MR) is 107 cm³/mol. The van der Waals surface area contributed by atoms with E-state index in [-0.39, 0.29) is 16.8 Å². The molecule has 0 atom stereocenters. The number of hydrogen-bond acceptors (Lipinski definition) is 6. The summed E-state index contributed by atoms with van der Waals surface area (Å²) in [5.41, 5.74) is 0.750. The number of nitrogens with one attached hydrogen (secondary N) is 1. The Morgan fingerprint density at radius 3 is 2.52 bits per heavy atom. The number of anilines is 1. The van der Waals surface area contributed by atoms with Crippen LogP contribution in [-0.4, -0.2) is 25.1 Å². The maximum atomic E-state index is 12.1. The third-order valence-electron chi connectivity index (χ3n) is 3.55. The van der Waals surface area contributed by atoms with Crippen LogP contribution in [0.5, 0.6) is 5.75 Å². The Labute approximate surface area is 172 Å². The quantitative estimate of drug-likeness (QED) is 0.424. The summed E-state index contributed by atoms with van der Waals surface area (Å²) in [4.78, 5) is 24.1. The highest BCUT2D eigenvalue weighted by Gasteiger charge is 2.14. The van der Waals surface area contributed by atoms with Crippen LogP contribution in [-0.2, 0) is 14.3 Å². The minimum absolute atomic E-state index is 0.200. The lowest BCUT2D eigenvalue weighted by Crippen LogP contribution is -2.21. The number of rotatable bonds is 7. The van der Waals surface area contributed by atoms with E-state index in [0.29, 0.717) is 22.9 Å². The molecule has 1 N–H and O–H groups in total. The lowest BCUT2D eigenvalue weighted by atomic mass is 10.1. The van der Waals surface area contributed by atoms with Gasteiger partial charge in [-0.2, -0.15) is 10.5 Å². The Kier molecular flexibility index (Phi) is 7.78. The second kappa shape index (κ2) is 10.5. The van der Waals surface area contributed by atoms with Crippen molar-refractivity contribution in [3.63, 3.8) is 0 Å². The Hall–Kier alpha value is -3.81. The van der Waals surface area contributed by atoms with Gasteiger partial charge < -0.3 is 14.8 Å². The molecule has 0 fully saturated rings. The number of halogens is 1. The number of carbonyl (C=O) groups is 2. The summed E-state index contributed by atoms with van der Waals surface area (Å²) in [6.45, 7) is 1.76. The van der Waals surface area contributed by atoms with E-state index in [4.69, 9.17) is 26.3 Å². The molecule has 2 rings (SSSR count). The molecule has 2 aromatic rings. The normalized spacial score (nSPS) is 10.4. The first-order valence-electron chi connectivity index (χ1n) is 8.48. The van der Waals surface area contributed by atoms with Crippen LogP contribution in [0.2, 0.25) is 5.02 Å². The highest BCUT2D eigenvalue weighted by Crippen LogP contribution is 2.20. The van der Waals surface area contributed by atoms with Crippen LogP contribution >= 0.6 is 11.6 Å². The molecule has 0 aliphatic carbocycles. The molecule has 146 valence electrons. The van der Waals surface area contributed by atoms with Crippen molar-refractivity contribution in [3.8, 4) is 17.9 Å². The fourth-order valence-electron chi connectivity index (χ4n) is 2.24. The fourth-order valence-corrected chi connectivity index (χ4v) is 2.42. The molecule has 0 radical (unpaired) electrons. The molecule has 0 saturated heterocycles. The zero-order valence-electron chi connectivity index (χ0n) is 15.4. The third-order valence-corrected chi connectivity index (χ3v) is 3.79. The topological polar surface area (TPSA) is 112 Å². The zero-order valence-corrected chi connectivity index (χ0v) is 16.2. The average molecular weight is 410 g/mol. The van der Waals surface area contributed by atoms with Gasteiger partial charge in [0.05, 0.1) is 17.9 Å². The monoisotopic (exact) mass is 409 g/mol. The third kappa shape index (κ3) is 6.39. The van der Waals surface area contributed by atoms with Gasteiger partial charge in [-0.05, 0) is 48.9 Å². The molecule has 0 aliphatic heterocycles. The Morgan fingerprint density at radius 2 is 1.90 bits per heavy atom. The van der Waals surface area contributed by atoms with Crippen molar-refractivity contribution >= 4 is 35.2 Å². The number of carbonyl (C=O) groups excluding carboxylic acids is 2. The first kappa shape index (κ1) is 21.5. The van der Waals surface area contributed by atoms with Crippen molar-refractivity contribution in [2.75, 3.05) is 18.5 Å². The Bertz CT molecular complexity index is 1020. The molecule has 8 heteroatoms. The van der Waals surface area contributed by atoms with Crippen molar-refractivity contribution in [2.24, 2.45) is 0 Å². The van der Waals surface area contributed by atoms with Crippen LogP contribution in [0.4, 0.5) is 5.69 Å². The number of ether oxygens (including phenoxy) is 2. The van der Waals surface area contributed by atoms with E-state index in [9.17, 15) is 14.9 Å². The predicted octanol–water partition coefficient (Wildman–Crippen LogP) is 3.70. The molecule has 0 unspecified atom stereocenters. The van der Waals surface area contributed by atoms with Crippen LogP contribution in [0, 0.1) is 22.7 Å². The number of amides is 1. The van der Waals surface area contributed by atoms with E-state index in [2.05, 4.69) is 5.32 Å². The molecule has 0 aliphatic rings. The van der Waals surface area contributed by atoms with Gasteiger partial charge >= 0.3 is 5.97 Å².